The van der Waals surface area contributed by atoms with Crippen molar-refractivity contribution in [2.75, 3.05) is 0 Å². The summed E-state index contributed by atoms with van der Waals surface area (Å²) in [5.74, 6) is 0.515. The normalized spacial score (nSPS) is 11.2. The average molecular weight is 422 g/mol. The third-order valence-corrected chi connectivity index (χ3v) is 6.05. The van der Waals surface area contributed by atoms with Crippen LogP contribution in [0.15, 0.2) is 47.3 Å². The van der Waals surface area contributed by atoms with E-state index in [1.807, 2.05) is 25.1 Å². The highest BCUT2D eigenvalue weighted by molar-refractivity contribution is 7.19. The number of aromatic amines is 1. The number of aromatic nitrogens is 2. The first-order valence-corrected chi connectivity index (χ1v) is 9.64. The molecule has 0 aliphatic heterocycles. The summed E-state index contributed by atoms with van der Waals surface area (Å²) < 4.78 is 0. The molecule has 26 heavy (non-hydrogen) atoms. The molecule has 0 aliphatic rings. The molecule has 3 nitrogen and oxygen atoms in total. The maximum absolute atomic E-state index is 12.8. The number of rotatable bonds is 2. The van der Waals surface area contributed by atoms with Crippen molar-refractivity contribution in [3.8, 4) is 22.5 Å². The Balaban J connectivity index is 1.94. The Labute approximate surface area is 168 Å². The average Bonchev–Trinajstić information content (AvgIpc) is 2.94. The first kappa shape index (κ1) is 17.6. The highest BCUT2D eigenvalue weighted by atomic mass is 35.5. The van der Waals surface area contributed by atoms with Crippen LogP contribution < -0.4 is 5.56 Å². The zero-order valence-corrected chi connectivity index (χ0v) is 16.5. The molecule has 2 aromatic heterocycles. The maximum atomic E-state index is 12.8. The molecule has 0 bridgehead atoms. The standard InChI is InChI=1S/C19H11Cl3N2OS/c1-9-15(11-4-7-13(21)14(22)8-11)16-18(25)23-17(24-19(16)26-9)10-2-5-12(20)6-3-10/h2-8H,1H3,(H,23,24,25). The minimum absolute atomic E-state index is 0.189. The molecule has 0 amide bonds. The fourth-order valence-corrected chi connectivity index (χ4v) is 4.33. The fourth-order valence-electron chi connectivity index (χ4n) is 2.86. The number of fused-ring (bicyclic) bond motifs is 1. The molecule has 0 atom stereocenters. The summed E-state index contributed by atoms with van der Waals surface area (Å²) in [5, 5.41) is 2.12. The summed E-state index contributed by atoms with van der Waals surface area (Å²) in [7, 11) is 0. The van der Waals surface area contributed by atoms with Gasteiger partial charge in [0, 0.05) is 21.0 Å². The van der Waals surface area contributed by atoms with E-state index in [1.165, 1.54) is 11.3 Å². The third kappa shape index (κ3) is 3.03. The zero-order chi connectivity index (χ0) is 18.4. The molecule has 1 N–H and O–H groups in total. The minimum Gasteiger partial charge on any atom is -0.306 e. The second-order valence-electron chi connectivity index (χ2n) is 5.76. The van der Waals surface area contributed by atoms with Crippen LogP contribution in [0.4, 0.5) is 0 Å². The van der Waals surface area contributed by atoms with Crippen molar-refractivity contribution in [3.63, 3.8) is 0 Å². The molecule has 0 spiro atoms. The Morgan fingerprint density at radius 2 is 1.65 bits per heavy atom. The van der Waals surface area contributed by atoms with E-state index < -0.39 is 0 Å². The van der Waals surface area contributed by atoms with Gasteiger partial charge in [-0.1, -0.05) is 40.9 Å². The molecule has 0 radical (unpaired) electrons. The van der Waals surface area contributed by atoms with Gasteiger partial charge in [0.1, 0.15) is 10.7 Å². The number of thiophene rings is 1. The Bertz CT molecular complexity index is 1200. The molecule has 7 heteroatoms. The Kier molecular flexibility index (Phi) is 4.53. The van der Waals surface area contributed by atoms with Gasteiger partial charge in [-0.3, -0.25) is 4.79 Å². The van der Waals surface area contributed by atoms with Gasteiger partial charge in [-0.25, -0.2) is 4.98 Å². The lowest BCUT2D eigenvalue weighted by atomic mass is 10.0. The van der Waals surface area contributed by atoms with Crippen molar-refractivity contribution in [2.45, 2.75) is 6.92 Å². The molecule has 2 heterocycles. The summed E-state index contributed by atoms with van der Waals surface area (Å²) in [6, 6.07) is 12.5. The van der Waals surface area contributed by atoms with E-state index in [4.69, 9.17) is 34.8 Å². The van der Waals surface area contributed by atoms with Crippen LogP contribution in [0.1, 0.15) is 4.88 Å². The quantitative estimate of drug-likeness (QED) is 0.397. The number of nitrogens with zero attached hydrogens (tertiary/aromatic N) is 1. The minimum atomic E-state index is -0.189. The largest absolute Gasteiger partial charge is 0.306 e. The molecule has 0 unspecified atom stereocenters. The van der Waals surface area contributed by atoms with Crippen LogP contribution in [0, 0.1) is 6.92 Å². The van der Waals surface area contributed by atoms with E-state index in [-0.39, 0.29) is 5.56 Å². The van der Waals surface area contributed by atoms with Crippen molar-refractivity contribution in [1.29, 1.82) is 0 Å². The van der Waals surface area contributed by atoms with Crippen molar-refractivity contribution in [1.82, 2.24) is 9.97 Å². The summed E-state index contributed by atoms with van der Waals surface area (Å²) in [4.78, 5) is 22.0. The second-order valence-corrected chi connectivity index (χ2v) is 8.22. The monoisotopic (exact) mass is 420 g/mol. The highest BCUT2D eigenvalue weighted by Crippen LogP contribution is 2.38. The van der Waals surface area contributed by atoms with Gasteiger partial charge in [0.2, 0.25) is 0 Å². The number of aryl methyl sites for hydroxylation is 1. The predicted molar refractivity (Wildman–Crippen MR) is 111 cm³/mol. The van der Waals surface area contributed by atoms with Gasteiger partial charge in [0.25, 0.3) is 5.56 Å². The summed E-state index contributed by atoms with van der Waals surface area (Å²) in [6.07, 6.45) is 0. The van der Waals surface area contributed by atoms with E-state index in [0.717, 1.165) is 21.6 Å². The highest BCUT2D eigenvalue weighted by Gasteiger charge is 2.17. The van der Waals surface area contributed by atoms with Gasteiger partial charge in [0.05, 0.1) is 15.4 Å². The van der Waals surface area contributed by atoms with Crippen LogP contribution in [0.2, 0.25) is 15.1 Å². The van der Waals surface area contributed by atoms with Gasteiger partial charge >= 0.3 is 0 Å². The Morgan fingerprint density at radius 1 is 0.962 bits per heavy atom. The van der Waals surface area contributed by atoms with Crippen LogP contribution in [0.25, 0.3) is 32.7 Å². The van der Waals surface area contributed by atoms with E-state index in [9.17, 15) is 4.79 Å². The zero-order valence-electron chi connectivity index (χ0n) is 13.4. The summed E-state index contributed by atoms with van der Waals surface area (Å²) >= 11 is 19.6. The molecule has 4 aromatic rings. The molecule has 2 aromatic carbocycles. The van der Waals surface area contributed by atoms with Crippen LogP contribution >= 0.6 is 46.1 Å². The number of hydrogen-bond acceptors (Lipinski definition) is 3. The molecule has 130 valence electrons. The lowest BCUT2D eigenvalue weighted by molar-refractivity contribution is 1.19. The second kappa shape index (κ2) is 6.71. The SMILES string of the molecule is Cc1sc2nc(-c3ccc(Cl)cc3)[nH]c(=O)c2c1-c1ccc(Cl)c(Cl)c1. The number of halogens is 3. The van der Waals surface area contributed by atoms with Crippen molar-refractivity contribution in [3.05, 3.63) is 72.8 Å². The molecule has 0 fully saturated rings. The van der Waals surface area contributed by atoms with Crippen LogP contribution in [0.5, 0.6) is 0 Å². The van der Waals surface area contributed by atoms with Gasteiger partial charge in [-0.15, -0.1) is 11.3 Å². The molecule has 0 saturated carbocycles. The number of hydrogen-bond donors (Lipinski definition) is 1. The van der Waals surface area contributed by atoms with E-state index in [1.54, 1.807) is 24.3 Å². The van der Waals surface area contributed by atoms with Gasteiger partial charge in [0.15, 0.2) is 0 Å². The summed E-state index contributed by atoms with van der Waals surface area (Å²) in [5.41, 5.74) is 2.29. The molecule has 0 saturated heterocycles. The van der Waals surface area contributed by atoms with Gasteiger partial charge in [-0.2, -0.15) is 0 Å². The van der Waals surface area contributed by atoms with E-state index in [0.29, 0.717) is 31.1 Å². The van der Waals surface area contributed by atoms with Crippen molar-refractivity contribution < 1.29 is 0 Å². The lowest BCUT2D eigenvalue weighted by Gasteiger charge is -2.05. The van der Waals surface area contributed by atoms with Crippen LogP contribution in [-0.4, -0.2) is 9.97 Å². The Morgan fingerprint density at radius 3 is 2.35 bits per heavy atom. The first-order chi connectivity index (χ1) is 12.4. The summed E-state index contributed by atoms with van der Waals surface area (Å²) in [6.45, 7) is 1.96. The van der Waals surface area contributed by atoms with Crippen LogP contribution in [-0.2, 0) is 0 Å². The molecule has 4 rings (SSSR count). The Hall–Kier alpha value is -1.85. The number of H-pyrrole nitrogens is 1. The van der Waals surface area contributed by atoms with Crippen molar-refractivity contribution in [2.24, 2.45) is 0 Å². The number of benzene rings is 2. The van der Waals surface area contributed by atoms with Gasteiger partial charge < -0.3 is 4.98 Å². The van der Waals surface area contributed by atoms with Gasteiger partial charge in [-0.05, 0) is 48.9 Å². The van der Waals surface area contributed by atoms with Crippen LogP contribution in [0.3, 0.4) is 0 Å². The smallest absolute Gasteiger partial charge is 0.260 e. The number of nitrogens with one attached hydrogen (secondary N) is 1. The molecular weight excluding hydrogens is 411 g/mol. The van der Waals surface area contributed by atoms with Crippen molar-refractivity contribution >= 4 is 56.4 Å². The van der Waals surface area contributed by atoms with E-state index >= 15 is 0 Å². The topological polar surface area (TPSA) is 45.8 Å². The lowest BCUT2D eigenvalue weighted by Crippen LogP contribution is -2.09. The molecule has 0 aliphatic carbocycles. The predicted octanol–water partition coefficient (Wildman–Crippen LogP) is 6.59. The molecular formula is C19H11Cl3N2OS. The third-order valence-electron chi connectivity index (χ3n) is 4.06. The maximum Gasteiger partial charge on any atom is 0.260 e. The van der Waals surface area contributed by atoms with E-state index in [2.05, 4.69) is 9.97 Å². The first-order valence-electron chi connectivity index (χ1n) is 7.69. The fraction of sp³-hybridized carbons (Fsp3) is 0.0526.